The van der Waals surface area contributed by atoms with Crippen LogP contribution in [0.4, 0.5) is 4.39 Å². The van der Waals surface area contributed by atoms with E-state index >= 15 is 0 Å². The van der Waals surface area contributed by atoms with E-state index in [0.717, 1.165) is 0 Å². The lowest BCUT2D eigenvalue weighted by molar-refractivity contribution is 0.0912. The van der Waals surface area contributed by atoms with Crippen LogP contribution in [-0.4, -0.2) is 20.9 Å². The molecule has 0 bridgehead atoms. The van der Waals surface area contributed by atoms with Crippen molar-refractivity contribution < 1.29 is 17.6 Å². The summed E-state index contributed by atoms with van der Waals surface area (Å²) < 4.78 is 39.8. The predicted molar refractivity (Wildman–Crippen MR) is 99.2 cm³/mol. The molecule has 8 heteroatoms. The molecule has 0 aliphatic heterocycles. The summed E-state index contributed by atoms with van der Waals surface area (Å²) in [5.74, 6) is -0.939. The number of amides is 1. The molecule has 0 atom stereocenters. The van der Waals surface area contributed by atoms with E-state index in [1.54, 1.807) is 20.8 Å². The summed E-state index contributed by atoms with van der Waals surface area (Å²) in [6, 6.07) is 9.67. The number of carbonyl (C=O) groups is 1. The zero-order chi connectivity index (χ0) is 19.5. The molecule has 0 saturated heterocycles. The first-order valence-corrected chi connectivity index (χ1v) is 9.80. The first kappa shape index (κ1) is 20.4. The van der Waals surface area contributed by atoms with Crippen molar-refractivity contribution in [1.29, 1.82) is 0 Å². The van der Waals surface area contributed by atoms with E-state index in [1.807, 2.05) is 0 Å². The van der Waals surface area contributed by atoms with Gasteiger partial charge in [-0.05, 0) is 49.7 Å². The number of rotatable bonds is 6. The lowest BCUT2D eigenvalue weighted by Crippen LogP contribution is -2.41. The maximum Gasteiger partial charge on any atom is 0.251 e. The van der Waals surface area contributed by atoms with Gasteiger partial charge in [-0.1, -0.05) is 30.7 Å². The third kappa shape index (κ3) is 4.60. The fourth-order valence-corrected chi connectivity index (χ4v) is 3.99. The quantitative estimate of drug-likeness (QED) is 0.782. The summed E-state index contributed by atoms with van der Waals surface area (Å²) >= 11 is 6.08. The van der Waals surface area contributed by atoms with Crippen LogP contribution in [0.2, 0.25) is 5.02 Å². The molecule has 26 heavy (non-hydrogen) atoms. The second kappa shape index (κ2) is 7.73. The standard InChI is InChI=1S/C18H20ClFN2O3S/c1-4-21-26(24,25)14-7-5-6-12(10-14)17(23)22-18(2,3)15-9-8-13(20)11-16(15)19/h5-11,21H,4H2,1-3H3,(H,22,23). The van der Waals surface area contributed by atoms with E-state index in [1.165, 1.54) is 42.5 Å². The Balaban J connectivity index is 2.29. The predicted octanol–water partition coefficient (Wildman–Crippen LogP) is 3.44. The summed E-state index contributed by atoms with van der Waals surface area (Å²) in [5.41, 5.74) is -0.154. The molecule has 1 amide bonds. The molecule has 2 N–H and O–H groups in total. The molecular formula is C18H20ClFN2O3S. The maximum atomic E-state index is 13.2. The van der Waals surface area contributed by atoms with Gasteiger partial charge in [-0.25, -0.2) is 17.5 Å². The van der Waals surface area contributed by atoms with Crippen molar-refractivity contribution >= 4 is 27.5 Å². The number of nitrogens with one attached hydrogen (secondary N) is 2. The smallest absolute Gasteiger partial charge is 0.251 e. The number of hydrogen-bond donors (Lipinski definition) is 2. The molecular weight excluding hydrogens is 379 g/mol. The van der Waals surface area contributed by atoms with Crippen LogP contribution in [0.25, 0.3) is 0 Å². The molecule has 2 rings (SSSR count). The molecule has 5 nitrogen and oxygen atoms in total. The van der Waals surface area contributed by atoms with Gasteiger partial charge in [-0.15, -0.1) is 0 Å². The van der Waals surface area contributed by atoms with Crippen LogP contribution in [0, 0.1) is 5.82 Å². The van der Waals surface area contributed by atoms with Crippen LogP contribution in [0.3, 0.4) is 0 Å². The number of carbonyl (C=O) groups excluding carboxylic acids is 1. The van der Waals surface area contributed by atoms with Gasteiger partial charge in [0.2, 0.25) is 10.0 Å². The van der Waals surface area contributed by atoms with Gasteiger partial charge in [0.25, 0.3) is 5.91 Å². The summed E-state index contributed by atoms with van der Waals surface area (Å²) in [5, 5.41) is 2.99. The largest absolute Gasteiger partial charge is 0.343 e. The van der Waals surface area contributed by atoms with Gasteiger partial charge < -0.3 is 5.32 Å². The van der Waals surface area contributed by atoms with Crippen LogP contribution >= 0.6 is 11.6 Å². The van der Waals surface area contributed by atoms with E-state index in [-0.39, 0.29) is 22.0 Å². The molecule has 2 aromatic carbocycles. The second-order valence-corrected chi connectivity index (χ2v) is 8.41. The third-order valence-electron chi connectivity index (χ3n) is 3.77. The number of sulfonamides is 1. The average molecular weight is 399 g/mol. The lowest BCUT2D eigenvalue weighted by Gasteiger charge is -2.28. The average Bonchev–Trinajstić information content (AvgIpc) is 2.54. The minimum atomic E-state index is -3.67. The Hall–Kier alpha value is -1.96. The molecule has 0 aromatic heterocycles. The number of hydrogen-bond acceptors (Lipinski definition) is 3. The first-order valence-electron chi connectivity index (χ1n) is 7.94. The second-order valence-electron chi connectivity index (χ2n) is 6.23. The van der Waals surface area contributed by atoms with Gasteiger partial charge in [-0.3, -0.25) is 4.79 Å². The minimum absolute atomic E-state index is 0.00428. The van der Waals surface area contributed by atoms with Crippen LogP contribution in [-0.2, 0) is 15.6 Å². The van der Waals surface area contributed by atoms with E-state index in [9.17, 15) is 17.6 Å². The van der Waals surface area contributed by atoms with Crippen LogP contribution in [0.5, 0.6) is 0 Å². The van der Waals surface area contributed by atoms with Crippen LogP contribution in [0.15, 0.2) is 47.4 Å². The fourth-order valence-electron chi connectivity index (χ4n) is 2.50. The van der Waals surface area contributed by atoms with E-state index < -0.39 is 27.3 Å². The molecule has 0 radical (unpaired) electrons. The third-order valence-corrected chi connectivity index (χ3v) is 5.63. The zero-order valence-corrected chi connectivity index (χ0v) is 16.2. The Morgan fingerprint density at radius 2 is 1.88 bits per heavy atom. The monoisotopic (exact) mass is 398 g/mol. The van der Waals surface area contributed by atoms with Gasteiger partial charge in [0.15, 0.2) is 0 Å². The Bertz CT molecular complexity index is 930. The highest BCUT2D eigenvalue weighted by Crippen LogP contribution is 2.28. The van der Waals surface area contributed by atoms with Crippen molar-refractivity contribution in [2.75, 3.05) is 6.54 Å². The SMILES string of the molecule is CCNS(=O)(=O)c1cccc(C(=O)NC(C)(C)c2ccc(F)cc2Cl)c1. The van der Waals surface area contributed by atoms with E-state index in [4.69, 9.17) is 11.6 Å². The van der Waals surface area contributed by atoms with Gasteiger partial charge in [0.1, 0.15) is 5.82 Å². The summed E-state index contributed by atoms with van der Waals surface area (Å²) in [4.78, 5) is 12.6. The molecule has 0 spiro atoms. The van der Waals surface area contributed by atoms with Crippen molar-refractivity contribution in [3.63, 3.8) is 0 Å². The number of benzene rings is 2. The highest BCUT2D eigenvalue weighted by molar-refractivity contribution is 7.89. The van der Waals surface area contributed by atoms with Crippen molar-refractivity contribution in [2.45, 2.75) is 31.2 Å². The Morgan fingerprint density at radius 3 is 2.50 bits per heavy atom. The number of halogens is 2. The molecule has 0 saturated carbocycles. The van der Waals surface area contributed by atoms with Gasteiger partial charge >= 0.3 is 0 Å². The lowest BCUT2D eigenvalue weighted by atomic mass is 9.93. The van der Waals surface area contributed by atoms with E-state index in [2.05, 4.69) is 10.0 Å². The van der Waals surface area contributed by atoms with Gasteiger partial charge in [0, 0.05) is 17.1 Å². The Kier molecular flexibility index (Phi) is 6.05. The summed E-state index contributed by atoms with van der Waals surface area (Å²) in [7, 11) is -3.67. The topological polar surface area (TPSA) is 75.3 Å². The van der Waals surface area contributed by atoms with Crippen molar-refractivity contribution in [3.8, 4) is 0 Å². The molecule has 0 heterocycles. The minimum Gasteiger partial charge on any atom is -0.343 e. The summed E-state index contributed by atoms with van der Waals surface area (Å²) in [6.45, 7) is 5.37. The zero-order valence-electron chi connectivity index (χ0n) is 14.6. The fraction of sp³-hybridized carbons (Fsp3) is 0.278. The van der Waals surface area contributed by atoms with Crippen molar-refractivity contribution in [2.24, 2.45) is 0 Å². The molecule has 0 aliphatic carbocycles. The Morgan fingerprint density at radius 1 is 1.19 bits per heavy atom. The molecule has 0 unspecified atom stereocenters. The normalized spacial score (nSPS) is 12.0. The molecule has 140 valence electrons. The van der Waals surface area contributed by atoms with Crippen LogP contribution in [0.1, 0.15) is 36.7 Å². The first-order chi connectivity index (χ1) is 12.1. The van der Waals surface area contributed by atoms with E-state index in [0.29, 0.717) is 5.56 Å². The molecule has 0 fully saturated rings. The van der Waals surface area contributed by atoms with Gasteiger partial charge in [0.05, 0.1) is 10.4 Å². The van der Waals surface area contributed by atoms with Crippen molar-refractivity contribution in [1.82, 2.24) is 10.0 Å². The van der Waals surface area contributed by atoms with Gasteiger partial charge in [-0.2, -0.15) is 0 Å². The van der Waals surface area contributed by atoms with Crippen LogP contribution < -0.4 is 10.0 Å². The highest BCUT2D eigenvalue weighted by atomic mass is 35.5. The Labute approximate surface area is 157 Å². The van der Waals surface area contributed by atoms with Crippen molar-refractivity contribution in [3.05, 3.63) is 64.4 Å². The molecule has 0 aliphatic rings. The maximum absolute atomic E-state index is 13.2. The highest BCUT2D eigenvalue weighted by Gasteiger charge is 2.26. The summed E-state index contributed by atoms with van der Waals surface area (Å²) in [6.07, 6.45) is 0. The molecule has 2 aromatic rings.